The van der Waals surface area contributed by atoms with E-state index in [0.29, 0.717) is 6.04 Å². The number of nitrogens with one attached hydrogen (secondary N) is 1. The van der Waals surface area contributed by atoms with Gasteiger partial charge in [0.05, 0.1) is 6.61 Å². The predicted molar refractivity (Wildman–Crippen MR) is 85.7 cm³/mol. The average molecular weight is 292 g/mol. The average Bonchev–Trinajstić information content (AvgIpc) is 2.48. The summed E-state index contributed by atoms with van der Waals surface area (Å²) in [7, 11) is 0. The molecule has 1 unspecified atom stereocenters. The number of rotatable bonds is 5. The molecule has 0 aromatic carbocycles. The lowest BCUT2D eigenvalue weighted by atomic mass is 10.2. The normalized spacial score (nSPS) is 20.0. The van der Waals surface area contributed by atoms with Crippen molar-refractivity contribution in [1.29, 1.82) is 0 Å². The van der Waals surface area contributed by atoms with Crippen LogP contribution in [0.15, 0.2) is 0 Å². The van der Waals surface area contributed by atoms with Gasteiger partial charge in [0.15, 0.2) is 5.82 Å². The molecular formula is C16H28N4O. The smallest absolute Gasteiger partial charge is 0.161 e. The molecule has 0 radical (unpaired) electrons. The van der Waals surface area contributed by atoms with Crippen molar-refractivity contribution in [3.8, 4) is 0 Å². The van der Waals surface area contributed by atoms with E-state index in [1.54, 1.807) is 0 Å². The van der Waals surface area contributed by atoms with Gasteiger partial charge < -0.3 is 10.1 Å². The molecule has 5 nitrogen and oxygen atoms in total. The summed E-state index contributed by atoms with van der Waals surface area (Å²) in [4.78, 5) is 11.8. The number of aromatic nitrogens is 2. The van der Waals surface area contributed by atoms with Crippen LogP contribution in [0.4, 0.5) is 5.82 Å². The number of morpholine rings is 1. The van der Waals surface area contributed by atoms with Gasteiger partial charge >= 0.3 is 0 Å². The molecule has 0 spiro atoms. The third kappa shape index (κ3) is 3.92. The van der Waals surface area contributed by atoms with Crippen molar-refractivity contribution in [3.05, 3.63) is 17.1 Å². The van der Waals surface area contributed by atoms with Gasteiger partial charge in [0.1, 0.15) is 11.9 Å². The molecule has 0 saturated carbocycles. The lowest BCUT2D eigenvalue weighted by Crippen LogP contribution is -2.42. The Balaban J connectivity index is 2.20. The summed E-state index contributed by atoms with van der Waals surface area (Å²) in [6, 6.07) is 0.528. The molecule has 0 bridgehead atoms. The molecule has 21 heavy (non-hydrogen) atoms. The van der Waals surface area contributed by atoms with Crippen molar-refractivity contribution in [2.75, 3.05) is 31.6 Å². The molecule has 1 aromatic rings. The van der Waals surface area contributed by atoms with Gasteiger partial charge in [-0.1, -0.05) is 6.92 Å². The van der Waals surface area contributed by atoms with Crippen LogP contribution in [0.5, 0.6) is 0 Å². The highest BCUT2D eigenvalue weighted by atomic mass is 16.5. The van der Waals surface area contributed by atoms with Crippen molar-refractivity contribution in [3.63, 3.8) is 0 Å². The van der Waals surface area contributed by atoms with Gasteiger partial charge in [-0.15, -0.1) is 0 Å². The van der Waals surface area contributed by atoms with Crippen LogP contribution in [0, 0.1) is 13.8 Å². The van der Waals surface area contributed by atoms with Gasteiger partial charge in [-0.3, -0.25) is 4.90 Å². The molecule has 118 valence electrons. The molecule has 2 rings (SSSR count). The maximum atomic E-state index is 5.90. The van der Waals surface area contributed by atoms with Gasteiger partial charge in [0.2, 0.25) is 0 Å². The molecule has 1 saturated heterocycles. The van der Waals surface area contributed by atoms with E-state index in [4.69, 9.17) is 9.72 Å². The van der Waals surface area contributed by atoms with Crippen LogP contribution in [0.1, 0.15) is 50.4 Å². The Morgan fingerprint density at radius 1 is 1.33 bits per heavy atom. The largest absolute Gasteiger partial charge is 0.370 e. The Kier molecular flexibility index (Phi) is 5.53. The van der Waals surface area contributed by atoms with E-state index in [1.165, 1.54) is 0 Å². The SMILES string of the molecule is CCCNc1nc(C2CN(C(C)C)CCO2)nc(C)c1C. The number of ether oxygens (including phenoxy) is 1. The highest BCUT2D eigenvalue weighted by molar-refractivity contribution is 5.45. The first-order chi connectivity index (χ1) is 10.0. The lowest BCUT2D eigenvalue weighted by Gasteiger charge is -2.35. The second-order valence-electron chi connectivity index (χ2n) is 6.02. The van der Waals surface area contributed by atoms with E-state index in [2.05, 4.69) is 42.9 Å². The minimum absolute atomic E-state index is 0.0253. The molecule has 1 fully saturated rings. The Morgan fingerprint density at radius 2 is 2.10 bits per heavy atom. The van der Waals surface area contributed by atoms with Gasteiger partial charge in [0, 0.05) is 36.9 Å². The first kappa shape index (κ1) is 16.2. The predicted octanol–water partition coefficient (Wildman–Crippen LogP) is 2.70. The quantitative estimate of drug-likeness (QED) is 0.904. The lowest BCUT2D eigenvalue weighted by molar-refractivity contribution is -0.0442. The third-order valence-electron chi connectivity index (χ3n) is 4.07. The minimum atomic E-state index is -0.0253. The highest BCUT2D eigenvalue weighted by Crippen LogP contribution is 2.24. The Morgan fingerprint density at radius 3 is 2.76 bits per heavy atom. The molecule has 1 aromatic heterocycles. The van der Waals surface area contributed by atoms with E-state index < -0.39 is 0 Å². The highest BCUT2D eigenvalue weighted by Gasteiger charge is 2.26. The van der Waals surface area contributed by atoms with Crippen LogP contribution in [0.3, 0.4) is 0 Å². The molecule has 5 heteroatoms. The summed E-state index contributed by atoms with van der Waals surface area (Å²) >= 11 is 0. The second kappa shape index (κ2) is 7.18. The summed E-state index contributed by atoms with van der Waals surface area (Å²) in [5.41, 5.74) is 2.16. The summed E-state index contributed by atoms with van der Waals surface area (Å²) in [5.74, 6) is 1.76. The van der Waals surface area contributed by atoms with Crippen molar-refractivity contribution >= 4 is 5.82 Å². The zero-order valence-corrected chi connectivity index (χ0v) is 13.9. The van der Waals surface area contributed by atoms with Gasteiger partial charge in [-0.05, 0) is 34.1 Å². The number of aryl methyl sites for hydroxylation is 1. The molecule has 0 amide bonds. The molecule has 1 N–H and O–H groups in total. The minimum Gasteiger partial charge on any atom is -0.370 e. The summed E-state index contributed by atoms with van der Waals surface area (Å²) in [6.07, 6.45) is 1.06. The van der Waals surface area contributed by atoms with Crippen LogP contribution in [-0.4, -0.2) is 47.2 Å². The maximum Gasteiger partial charge on any atom is 0.161 e. The van der Waals surface area contributed by atoms with Crippen molar-refractivity contribution < 1.29 is 4.74 Å². The van der Waals surface area contributed by atoms with Gasteiger partial charge in [-0.2, -0.15) is 0 Å². The van der Waals surface area contributed by atoms with Crippen LogP contribution in [0.2, 0.25) is 0 Å². The number of anilines is 1. The topological polar surface area (TPSA) is 50.3 Å². The number of hydrogen-bond acceptors (Lipinski definition) is 5. The van der Waals surface area contributed by atoms with Crippen molar-refractivity contribution in [1.82, 2.24) is 14.9 Å². The monoisotopic (exact) mass is 292 g/mol. The van der Waals surface area contributed by atoms with E-state index in [9.17, 15) is 0 Å². The van der Waals surface area contributed by atoms with Crippen molar-refractivity contribution in [2.45, 2.75) is 53.2 Å². The van der Waals surface area contributed by atoms with Crippen LogP contribution in [0.25, 0.3) is 0 Å². The molecule has 0 aliphatic carbocycles. The van der Waals surface area contributed by atoms with Gasteiger partial charge in [-0.25, -0.2) is 9.97 Å². The fourth-order valence-corrected chi connectivity index (χ4v) is 2.50. The second-order valence-corrected chi connectivity index (χ2v) is 6.02. The molecule has 1 aliphatic rings. The molecule has 2 heterocycles. The van der Waals surface area contributed by atoms with E-state index >= 15 is 0 Å². The molecule has 1 atom stereocenters. The number of hydrogen-bond donors (Lipinski definition) is 1. The molecule has 1 aliphatic heterocycles. The summed E-state index contributed by atoms with van der Waals surface area (Å²) < 4.78 is 5.90. The fraction of sp³-hybridized carbons (Fsp3) is 0.750. The standard InChI is InChI=1S/C16H28N4O/c1-6-7-17-15-12(4)13(5)18-16(19-15)14-10-20(11(2)3)8-9-21-14/h11,14H,6-10H2,1-5H3,(H,17,18,19). The van der Waals surface area contributed by atoms with E-state index in [0.717, 1.165) is 55.6 Å². The van der Waals surface area contributed by atoms with Crippen LogP contribution >= 0.6 is 0 Å². The Labute approximate surface area is 128 Å². The Bertz CT molecular complexity index is 476. The van der Waals surface area contributed by atoms with Gasteiger partial charge in [0.25, 0.3) is 0 Å². The summed E-state index contributed by atoms with van der Waals surface area (Å²) in [6.45, 7) is 14.2. The molecular weight excluding hydrogens is 264 g/mol. The van der Waals surface area contributed by atoms with Crippen molar-refractivity contribution in [2.24, 2.45) is 0 Å². The first-order valence-corrected chi connectivity index (χ1v) is 7.97. The number of nitrogens with zero attached hydrogens (tertiary/aromatic N) is 3. The zero-order valence-electron chi connectivity index (χ0n) is 13.9. The zero-order chi connectivity index (χ0) is 15.4. The van der Waals surface area contributed by atoms with E-state index in [-0.39, 0.29) is 6.10 Å². The maximum absolute atomic E-state index is 5.90. The summed E-state index contributed by atoms with van der Waals surface area (Å²) in [5, 5.41) is 3.40. The van der Waals surface area contributed by atoms with E-state index in [1.807, 2.05) is 6.92 Å². The fourth-order valence-electron chi connectivity index (χ4n) is 2.50. The Hall–Kier alpha value is -1.20. The van der Waals surface area contributed by atoms with Crippen LogP contribution in [-0.2, 0) is 4.74 Å². The first-order valence-electron chi connectivity index (χ1n) is 7.97. The third-order valence-corrected chi connectivity index (χ3v) is 4.07. The van der Waals surface area contributed by atoms with Crippen LogP contribution < -0.4 is 5.32 Å².